The summed E-state index contributed by atoms with van der Waals surface area (Å²) in [5.74, 6) is -1.70. The molecular weight excluding hydrogens is 348 g/mol. The fourth-order valence-corrected chi connectivity index (χ4v) is 2.46. The lowest BCUT2D eigenvalue weighted by atomic mass is 10.1. The van der Waals surface area contributed by atoms with Gasteiger partial charge in [0, 0.05) is 5.69 Å². The number of benzene rings is 2. The van der Waals surface area contributed by atoms with E-state index in [0.29, 0.717) is 5.69 Å². The van der Waals surface area contributed by atoms with Crippen LogP contribution in [-0.4, -0.2) is 32.0 Å². The van der Waals surface area contributed by atoms with Crippen LogP contribution in [-0.2, 0) is 19.6 Å². The van der Waals surface area contributed by atoms with Crippen LogP contribution < -0.4 is 10.5 Å². The van der Waals surface area contributed by atoms with Crippen molar-refractivity contribution >= 4 is 27.6 Å². The summed E-state index contributed by atoms with van der Waals surface area (Å²) in [5.41, 5.74) is 1.03. The fraction of sp³-hybridized carbons (Fsp3) is 0.125. The monoisotopic (exact) mass is 364 g/mol. The Labute approximate surface area is 144 Å². The molecule has 0 saturated heterocycles. The molecular formula is C16H16N2O6S. The number of nitrogens with two attached hydrogens (primary N) is 1. The van der Waals surface area contributed by atoms with Gasteiger partial charge in [-0.05, 0) is 43.3 Å². The summed E-state index contributed by atoms with van der Waals surface area (Å²) < 4.78 is 27.1. The van der Waals surface area contributed by atoms with Crippen LogP contribution in [0.3, 0.4) is 0 Å². The van der Waals surface area contributed by atoms with Crippen molar-refractivity contribution in [1.82, 2.24) is 0 Å². The molecule has 2 aromatic carbocycles. The number of anilines is 1. The summed E-state index contributed by atoms with van der Waals surface area (Å²) in [6.07, 6.45) is 0. The summed E-state index contributed by atoms with van der Waals surface area (Å²) in [4.78, 5) is 23.6. The van der Waals surface area contributed by atoms with Gasteiger partial charge in [-0.1, -0.05) is 11.6 Å². The van der Waals surface area contributed by atoms with Crippen molar-refractivity contribution < 1.29 is 27.9 Å². The molecule has 0 saturated carbocycles. The van der Waals surface area contributed by atoms with Crippen LogP contribution in [0.15, 0.2) is 47.4 Å². The Kier molecular flexibility index (Phi) is 5.40. The van der Waals surface area contributed by atoms with Gasteiger partial charge in [0.05, 0.1) is 4.90 Å². The third-order valence-electron chi connectivity index (χ3n) is 3.17. The molecule has 0 atom stereocenters. The highest BCUT2D eigenvalue weighted by atomic mass is 32.2. The number of aryl methyl sites for hydroxylation is 1. The lowest BCUT2D eigenvalue weighted by Gasteiger charge is -2.08. The Morgan fingerprint density at radius 3 is 2.40 bits per heavy atom. The molecule has 8 nitrogen and oxygen atoms in total. The van der Waals surface area contributed by atoms with Gasteiger partial charge in [-0.25, -0.2) is 18.4 Å². The minimum Gasteiger partial charge on any atom is -0.507 e. The number of carbonyl (C=O) groups excluding carboxylic acids is 2. The average molecular weight is 364 g/mol. The zero-order valence-electron chi connectivity index (χ0n) is 13.2. The maximum atomic E-state index is 11.9. The second-order valence-corrected chi connectivity index (χ2v) is 6.78. The van der Waals surface area contributed by atoms with Crippen LogP contribution in [0.5, 0.6) is 5.75 Å². The topological polar surface area (TPSA) is 136 Å². The third kappa shape index (κ3) is 5.03. The Balaban J connectivity index is 1.94. The Morgan fingerprint density at radius 2 is 1.80 bits per heavy atom. The number of nitrogens with one attached hydrogen (secondary N) is 1. The van der Waals surface area contributed by atoms with Crippen LogP contribution in [0.25, 0.3) is 0 Å². The minimum atomic E-state index is -3.81. The number of hydrogen-bond donors (Lipinski definition) is 3. The van der Waals surface area contributed by atoms with Gasteiger partial charge in [0.25, 0.3) is 5.91 Å². The molecule has 2 aromatic rings. The largest absolute Gasteiger partial charge is 0.507 e. The molecule has 0 aliphatic heterocycles. The number of phenols is 1. The van der Waals surface area contributed by atoms with E-state index in [4.69, 9.17) is 9.88 Å². The van der Waals surface area contributed by atoms with Crippen molar-refractivity contribution in [2.75, 3.05) is 11.9 Å². The summed E-state index contributed by atoms with van der Waals surface area (Å²) in [5, 5.41) is 17.1. The molecule has 0 fully saturated rings. The number of phenolic OH excluding ortho intramolecular Hbond substituents is 1. The number of rotatable bonds is 5. The number of aromatic hydroxyl groups is 1. The van der Waals surface area contributed by atoms with Gasteiger partial charge in [-0.3, -0.25) is 4.79 Å². The SMILES string of the molecule is Cc1ccc(O)c(C(=O)OCC(=O)Nc2ccc(S(N)(=O)=O)cc2)c1. The zero-order valence-corrected chi connectivity index (χ0v) is 14.0. The number of primary sulfonamides is 1. The van der Waals surface area contributed by atoms with Crippen LogP contribution in [0, 0.1) is 6.92 Å². The standard InChI is InChI=1S/C16H16N2O6S/c1-10-2-7-14(19)13(8-10)16(21)24-9-15(20)18-11-3-5-12(6-4-11)25(17,22)23/h2-8,19H,9H2,1H3,(H,18,20)(H2,17,22,23). The Bertz CT molecular complexity index is 907. The van der Waals surface area contributed by atoms with E-state index in [9.17, 15) is 23.1 Å². The maximum absolute atomic E-state index is 11.9. The summed E-state index contributed by atoms with van der Waals surface area (Å²) in [7, 11) is -3.81. The van der Waals surface area contributed by atoms with E-state index in [2.05, 4.69) is 5.32 Å². The van der Waals surface area contributed by atoms with Crippen LogP contribution >= 0.6 is 0 Å². The molecule has 0 radical (unpaired) electrons. The highest BCUT2D eigenvalue weighted by molar-refractivity contribution is 7.89. The van der Waals surface area contributed by atoms with E-state index in [1.807, 2.05) is 0 Å². The van der Waals surface area contributed by atoms with E-state index < -0.39 is 28.5 Å². The Morgan fingerprint density at radius 1 is 1.16 bits per heavy atom. The van der Waals surface area contributed by atoms with Gasteiger partial charge >= 0.3 is 5.97 Å². The maximum Gasteiger partial charge on any atom is 0.342 e. The molecule has 0 aliphatic rings. The van der Waals surface area contributed by atoms with Crippen molar-refractivity contribution in [2.45, 2.75) is 11.8 Å². The molecule has 25 heavy (non-hydrogen) atoms. The Hall–Kier alpha value is -2.91. The number of amides is 1. The minimum absolute atomic E-state index is 0.0368. The summed E-state index contributed by atoms with van der Waals surface area (Å²) in [6, 6.07) is 9.62. The molecule has 0 unspecified atom stereocenters. The van der Waals surface area contributed by atoms with E-state index in [-0.39, 0.29) is 16.2 Å². The quantitative estimate of drug-likeness (QED) is 0.681. The molecule has 2 rings (SSSR count). The van der Waals surface area contributed by atoms with E-state index in [1.54, 1.807) is 13.0 Å². The molecule has 0 aromatic heterocycles. The number of sulfonamides is 1. The molecule has 0 spiro atoms. The molecule has 9 heteroatoms. The van der Waals surface area contributed by atoms with E-state index in [0.717, 1.165) is 5.56 Å². The van der Waals surface area contributed by atoms with E-state index >= 15 is 0 Å². The van der Waals surface area contributed by atoms with Crippen molar-refractivity contribution in [1.29, 1.82) is 0 Å². The van der Waals surface area contributed by atoms with E-state index in [1.165, 1.54) is 36.4 Å². The van der Waals surface area contributed by atoms with Gasteiger partial charge in [0.2, 0.25) is 10.0 Å². The van der Waals surface area contributed by atoms with Crippen molar-refractivity contribution in [3.63, 3.8) is 0 Å². The van der Waals surface area contributed by atoms with Crippen LogP contribution in [0.1, 0.15) is 15.9 Å². The first-order valence-corrected chi connectivity index (χ1v) is 8.61. The molecule has 0 aliphatic carbocycles. The molecule has 132 valence electrons. The van der Waals surface area contributed by atoms with Gasteiger partial charge in [0.15, 0.2) is 6.61 Å². The second kappa shape index (κ2) is 7.32. The van der Waals surface area contributed by atoms with Crippen LogP contribution in [0.2, 0.25) is 0 Å². The highest BCUT2D eigenvalue weighted by Crippen LogP contribution is 2.19. The van der Waals surface area contributed by atoms with Crippen molar-refractivity contribution in [2.24, 2.45) is 5.14 Å². The zero-order chi connectivity index (χ0) is 18.6. The van der Waals surface area contributed by atoms with Gasteiger partial charge in [-0.15, -0.1) is 0 Å². The van der Waals surface area contributed by atoms with Crippen molar-refractivity contribution in [3.8, 4) is 5.75 Å². The highest BCUT2D eigenvalue weighted by Gasteiger charge is 2.15. The number of carbonyl (C=O) groups is 2. The number of ether oxygens (including phenoxy) is 1. The smallest absolute Gasteiger partial charge is 0.342 e. The van der Waals surface area contributed by atoms with Crippen LogP contribution in [0.4, 0.5) is 5.69 Å². The molecule has 0 heterocycles. The second-order valence-electron chi connectivity index (χ2n) is 5.21. The average Bonchev–Trinajstić information content (AvgIpc) is 2.54. The predicted octanol–water partition coefficient (Wildman–Crippen LogP) is 1.14. The fourth-order valence-electron chi connectivity index (χ4n) is 1.95. The first-order valence-electron chi connectivity index (χ1n) is 7.06. The number of esters is 1. The van der Waals surface area contributed by atoms with Gasteiger partial charge in [-0.2, -0.15) is 0 Å². The van der Waals surface area contributed by atoms with Gasteiger partial charge < -0.3 is 15.2 Å². The third-order valence-corrected chi connectivity index (χ3v) is 4.10. The number of hydrogen-bond acceptors (Lipinski definition) is 6. The first-order chi connectivity index (χ1) is 11.7. The lowest BCUT2D eigenvalue weighted by Crippen LogP contribution is -2.21. The predicted molar refractivity (Wildman–Crippen MR) is 89.6 cm³/mol. The summed E-state index contributed by atoms with van der Waals surface area (Å²) >= 11 is 0. The molecule has 0 bridgehead atoms. The summed E-state index contributed by atoms with van der Waals surface area (Å²) in [6.45, 7) is 1.18. The molecule has 4 N–H and O–H groups in total. The first kappa shape index (κ1) is 18.4. The van der Waals surface area contributed by atoms with Gasteiger partial charge in [0.1, 0.15) is 11.3 Å². The molecule has 1 amide bonds. The van der Waals surface area contributed by atoms with Crippen molar-refractivity contribution in [3.05, 3.63) is 53.6 Å². The lowest BCUT2D eigenvalue weighted by molar-refractivity contribution is -0.119. The normalized spacial score (nSPS) is 11.0.